The Hall–Kier alpha value is -0.790. The largest absolute Gasteiger partial charge is 0.358 e. The SMILES string of the molecule is FC1=C[C]=CCN1. The molecule has 0 aromatic heterocycles. The van der Waals surface area contributed by atoms with Crippen LogP contribution in [-0.4, -0.2) is 6.54 Å². The molecule has 1 N–H and O–H groups in total. The van der Waals surface area contributed by atoms with E-state index in [1.165, 1.54) is 6.08 Å². The zero-order valence-electron chi connectivity index (χ0n) is 3.74. The number of allylic oxidation sites excluding steroid dienone is 2. The Balaban J connectivity index is 2.57. The normalized spacial score (nSPS) is 18.1. The van der Waals surface area contributed by atoms with Crippen LogP contribution in [0.1, 0.15) is 0 Å². The molecule has 0 spiro atoms. The van der Waals surface area contributed by atoms with Crippen molar-refractivity contribution >= 4 is 0 Å². The second-order valence-corrected chi connectivity index (χ2v) is 1.24. The number of dihydropyridines is 1. The van der Waals surface area contributed by atoms with Crippen molar-refractivity contribution in [2.24, 2.45) is 0 Å². The molecular formula is C5H5FN. The van der Waals surface area contributed by atoms with Crippen LogP contribution < -0.4 is 5.32 Å². The Morgan fingerprint density at radius 2 is 2.71 bits per heavy atom. The molecule has 1 aliphatic rings. The van der Waals surface area contributed by atoms with E-state index in [-0.39, 0.29) is 5.95 Å². The molecule has 0 bridgehead atoms. The summed E-state index contributed by atoms with van der Waals surface area (Å²) in [7, 11) is 0. The minimum Gasteiger partial charge on any atom is -0.358 e. The molecule has 0 amide bonds. The molecule has 0 fully saturated rings. The molecule has 1 radical (unpaired) electrons. The minimum absolute atomic E-state index is 0.303. The summed E-state index contributed by atoms with van der Waals surface area (Å²) >= 11 is 0. The molecule has 0 atom stereocenters. The molecule has 1 aliphatic heterocycles. The molecule has 0 saturated carbocycles. The third kappa shape index (κ3) is 1.03. The van der Waals surface area contributed by atoms with Crippen LogP contribution in [0.25, 0.3) is 0 Å². The van der Waals surface area contributed by atoms with Gasteiger partial charge in [0, 0.05) is 6.54 Å². The first kappa shape index (κ1) is 4.37. The average Bonchev–Trinajstić information content (AvgIpc) is 1.69. The third-order valence-corrected chi connectivity index (χ3v) is 0.701. The van der Waals surface area contributed by atoms with E-state index < -0.39 is 0 Å². The Morgan fingerprint density at radius 3 is 3.00 bits per heavy atom. The van der Waals surface area contributed by atoms with Crippen molar-refractivity contribution in [3.8, 4) is 0 Å². The van der Waals surface area contributed by atoms with Gasteiger partial charge in [-0.15, -0.1) is 0 Å². The fourth-order valence-electron chi connectivity index (χ4n) is 0.391. The van der Waals surface area contributed by atoms with Gasteiger partial charge >= 0.3 is 0 Å². The Morgan fingerprint density at radius 1 is 1.86 bits per heavy atom. The fourth-order valence-corrected chi connectivity index (χ4v) is 0.391. The average molecular weight is 98.1 g/mol. The van der Waals surface area contributed by atoms with Crippen molar-refractivity contribution in [3.05, 3.63) is 24.2 Å². The van der Waals surface area contributed by atoms with Crippen molar-refractivity contribution in [1.29, 1.82) is 0 Å². The van der Waals surface area contributed by atoms with Gasteiger partial charge in [0.05, 0.1) is 0 Å². The molecule has 2 heteroatoms. The van der Waals surface area contributed by atoms with Crippen molar-refractivity contribution < 1.29 is 4.39 Å². The summed E-state index contributed by atoms with van der Waals surface area (Å²) in [5, 5.41) is 2.46. The zero-order chi connectivity index (χ0) is 5.11. The van der Waals surface area contributed by atoms with Gasteiger partial charge < -0.3 is 5.32 Å². The standard InChI is InChI=1S/C5H5FN/c6-5-3-1-2-4-7-5/h2-3,7H,4H2. The summed E-state index contributed by atoms with van der Waals surface area (Å²) in [5.74, 6) is -0.303. The van der Waals surface area contributed by atoms with Crippen LogP contribution >= 0.6 is 0 Å². The lowest BCUT2D eigenvalue weighted by atomic mass is 10.4. The topological polar surface area (TPSA) is 12.0 Å². The Kier molecular flexibility index (Phi) is 1.11. The fraction of sp³-hybridized carbons (Fsp3) is 0.200. The molecular weight excluding hydrogens is 93.1 g/mol. The summed E-state index contributed by atoms with van der Waals surface area (Å²) in [6.07, 6.45) is 5.60. The van der Waals surface area contributed by atoms with Gasteiger partial charge in [0.25, 0.3) is 0 Å². The molecule has 1 nitrogen and oxygen atoms in total. The van der Waals surface area contributed by atoms with Gasteiger partial charge in [-0.2, -0.15) is 4.39 Å². The van der Waals surface area contributed by atoms with Crippen molar-refractivity contribution in [2.45, 2.75) is 0 Å². The first-order valence-electron chi connectivity index (χ1n) is 2.07. The van der Waals surface area contributed by atoms with E-state index in [2.05, 4.69) is 11.4 Å². The number of halogens is 1. The van der Waals surface area contributed by atoms with Crippen LogP contribution in [0.15, 0.2) is 18.1 Å². The van der Waals surface area contributed by atoms with Crippen molar-refractivity contribution in [1.82, 2.24) is 5.32 Å². The van der Waals surface area contributed by atoms with Crippen LogP contribution in [0.5, 0.6) is 0 Å². The summed E-state index contributed by atoms with van der Waals surface area (Å²) in [6.45, 7) is 0.558. The molecule has 0 unspecified atom stereocenters. The first-order valence-corrected chi connectivity index (χ1v) is 2.07. The molecule has 0 aliphatic carbocycles. The van der Waals surface area contributed by atoms with E-state index >= 15 is 0 Å². The molecule has 0 aromatic carbocycles. The van der Waals surface area contributed by atoms with E-state index in [1.54, 1.807) is 6.08 Å². The van der Waals surface area contributed by atoms with Crippen molar-refractivity contribution in [2.75, 3.05) is 6.54 Å². The quantitative estimate of drug-likeness (QED) is 0.441. The first-order chi connectivity index (χ1) is 3.39. The monoisotopic (exact) mass is 98.0 g/mol. The lowest BCUT2D eigenvalue weighted by molar-refractivity contribution is 0.555. The lowest BCUT2D eigenvalue weighted by Crippen LogP contribution is -2.11. The van der Waals surface area contributed by atoms with Crippen LogP contribution in [-0.2, 0) is 0 Å². The zero-order valence-corrected chi connectivity index (χ0v) is 3.74. The molecule has 1 rings (SSSR count). The highest BCUT2D eigenvalue weighted by Crippen LogP contribution is 1.93. The maximum absolute atomic E-state index is 11.9. The van der Waals surface area contributed by atoms with Crippen LogP contribution in [0, 0.1) is 6.08 Å². The van der Waals surface area contributed by atoms with Gasteiger partial charge in [0.2, 0.25) is 0 Å². The minimum atomic E-state index is -0.303. The van der Waals surface area contributed by atoms with E-state index in [0.717, 1.165) is 0 Å². The van der Waals surface area contributed by atoms with Gasteiger partial charge in [0.15, 0.2) is 5.95 Å². The molecule has 0 saturated heterocycles. The van der Waals surface area contributed by atoms with E-state index in [9.17, 15) is 4.39 Å². The highest BCUT2D eigenvalue weighted by molar-refractivity contribution is 5.05. The Labute approximate surface area is 41.5 Å². The van der Waals surface area contributed by atoms with E-state index in [1.807, 2.05) is 0 Å². The van der Waals surface area contributed by atoms with Gasteiger partial charge in [-0.1, -0.05) is 6.08 Å². The highest BCUT2D eigenvalue weighted by Gasteiger charge is 1.90. The van der Waals surface area contributed by atoms with Gasteiger partial charge in [0.1, 0.15) is 0 Å². The summed E-state index contributed by atoms with van der Waals surface area (Å²) < 4.78 is 11.9. The second kappa shape index (κ2) is 1.78. The second-order valence-electron chi connectivity index (χ2n) is 1.24. The molecule has 37 valence electrons. The number of hydrogen-bond acceptors (Lipinski definition) is 1. The van der Waals surface area contributed by atoms with E-state index in [4.69, 9.17) is 0 Å². The number of rotatable bonds is 0. The predicted octanol–water partition coefficient (Wildman–Crippen LogP) is 0.760. The lowest BCUT2D eigenvalue weighted by Gasteiger charge is -1.99. The summed E-state index contributed by atoms with van der Waals surface area (Å²) in [6, 6.07) is 0. The number of hydrogen-bond donors (Lipinski definition) is 1. The van der Waals surface area contributed by atoms with Crippen LogP contribution in [0.3, 0.4) is 0 Å². The van der Waals surface area contributed by atoms with E-state index in [0.29, 0.717) is 6.54 Å². The van der Waals surface area contributed by atoms with Crippen LogP contribution in [0.4, 0.5) is 4.39 Å². The van der Waals surface area contributed by atoms with Crippen molar-refractivity contribution in [3.63, 3.8) is 0 Å². The maximum Gasteiger partial charge on any atom is 0.187 e. The highest BCUT2D eigenvalue weighted by atomic mass is 19.1. The molecule has 7 heavy (non-hydrogen) atoms. The Bertz CT molecular complexity index is 115. The molecule has 1 heterocycles. The number of nitrogens with one attached hydrogen (secondary N) is 1. The smallest absolute Gasteiger partial charge is 0.187 e. The summed E-state index contributed by atoms with van der Waals surface area (Å²) in [5.41, 5.74) is 0. The van der Waals surface area contributed by atoms with Gasteiger partial charge in [-0.3, -0.25) is 0 Å². The van der Waals surface area contributed by atoms with Gasteiger partial charge in [-0.25, -0.2) is 0 Å². The predicted molar refractivity (Wildman–Crippen MR) is 25.0 cm³/mol. The third-order valence-electron chi connectivity index (χ3n) is 0.701. The maximum atomic E-state index is 11.9. The molecule has 0 aromatic rings. The summed E-state index contributed by atoms with van der Waals surface area (Å²) in [4.78, 5) is 0. The van der Waals surface area contributed by atoms with Crippen LogP contribution in [0.2, 0.25) is 0 Å². The van der Waals surface area contributed by atoms with Gasteiger partial charge in [-0.05, 0) is 12.2 Å².